The van der Waals surface area contributed by atoms with Gasteiger partial charge in [-0.15, -0.1) is 0 Å². The molecule has 0 N–H and O–H groups in total. The lowest BCUT2D eigenvalue weighted by Crippen LogP contribution is -2.32. The van der Waals surface area contributed by atoms with E-state index in [1.807, 2.05) is 38.1 Å². The van der Waals surface area contributed by atoms with Crippen molar-refractivity contribution in [3.05, 3.63) is 47.5 Å². The Labute approximate surface area is 150 Å². The maximum absolute atomic E-state index is 6.12. The summed E-state index contributed by atoms with van der Waals surface area (Å²) in [5, 5.41) is 0. The Morgan fingerprint density at radius 1 is 1.04 bits per heavy atom. The smallest absolute Gasteiger partial charge is 0.361 e. The highest BCUT2D eigenvalue weighted by molar-refractivity contribution is 7.99. The van der Waals surface area contributed by atoms with Crippen LogP contribution in [0.1, 0.15) is 25.0 Å². The second-order valence-electron chi connectivity index (χ2n) is 6.39. The van der Waals surface area contributed by atoms with Gasteiger partial charge in [0.05, 0.1) is 24.2 Å². The first kappa shape index (κ1) is 15.5. The summed E-state index contributed by atoms with van der Waals surface area (Å²) in [6.45, 7) is 4.30. The van der Waals surface area contributed by atoms with Crippen molar-refractivity contribution in [2.24, 2.45) is 0 Å². The van der Waals surface area contributed by atoms with E-state index in [1.165, 1.54) is 0 Å². The fraction of sp³-hybridized carbons (Fsp3) is 0.368. The van der Waals surface area contributed by atoms with E-state index in [0.717, 1.165) is 20.9 Å². The Morgan fingerprint density at radius 3 is 2.64 bits per heavy atom. The van der Waals surface area contributed by atoms with Crippen LogP contribution in [0, 0.1) is 0 Å². The molecule has 130 valence electrons. The van der Waals surface area contributed by atoms with Crippen molar-refractivity contribution in [1.82, 2.24) is 0 Å². The molecule has 0 saturated carbocycles. The van der Waals surface area contributed by atoms with Gasteiger partial charge in [0, 0.05) is 16.0 Å². The first-order valence-corrected chi connectivity index (χ1v) is 9.20. The summed E-state index contributed by atoms with van der Waals surface area (Å²) in [6.07, 6.45) is 0.0105. The molecule has 25 heavy (non-hydrogen) atoms. The van der Waals surface area contributed by atoms with Gasteiger partial charge in [-0.2, -0.15) is 0 Å². The van der Waals surface area contributed by atoms with Crippen molar-refractivity contribution in [2.45, 2.75) is 42.0 Å². The van der Waals surface area contributed by atoms with Gasteiger partial charge in [0.25, 0.3) is 0 Å². The molecule has 0 radical (unpaired) electrons. The Balaban J connectivity index is 1.63. The van der Waals surface area contributed by atoms with Crippen LogP contribution in [0.3, 0.4) is 0 Å². The average Bonchev–Trinajstić information content (AvgIpc) is 3.22. The van der Waals surface area contributed by atoms with Crippen LogP contribution in [-0.4, -0.2) is 25.8 Å². The van der Waals surface area contributed by atoms with Crippen LogP contribution in [0.5, 0.6) is 11.5 Å². The topological polar surface area (TPSA) is 46.2 Å². The molecule has 1 spiro atoms. The third kappa shape index (κ3) is 2.29. The van der Waals surface area contributed by atoms with E-state index < -0.39 is 12.3 Å². The van der Waals surface area contributed by atoms with Gasteiger partial charge in [-0.25, -0.2) is 0 Å². The van der Waals surface area contributed by atoms with Crippen molar-refractivity contribution in [3.8, 4) is 11.5 Å². The number of hydrogen-bond acceptors (Lipinski definition) is 6. The fourth-order valence-electron chi connectivity index (χ4n) is 3.42. The average molecular weight is 358 g/mol. The zero-order valence-corrected chi connectivity index (χ0v) is 14.8. The molecule has 2 aromatic carbocycles. The third-order valence-corrected chi connectivity index (χ3v) is 5.58. The van der Waals surface area contributed by atoms with Crippen molar-refractivity contribution in [3.63, 3.8) is 0 Å². The lowest BCUT2D eigenvalue weighted by Gasteiger charge is -2.35. The van der Waals surface area contributed by atoms with Crippen LogP contribution in [0.25, 0.3) is 0 Å². The summed E-state index contributed by atoms with van der Waals surface area (Å²) < 4.78 is 29.6. The molecule has 0 bridgehead atoms. The summed E-state index contributed by atoms with van der Waals surface area (Å²) >= 11 is 1.65. The van der Waals surface area contributed by atoms with Gasteiger partial charge < -0.3 is 23.7 Å². The Bertz CT molecular complexity index is 829. The molecular formula is C19H18O5S. The van der Waals surface area contributed by atoms with Crippen molar-refractivity contribution in [1.29, 1.82) is 0 Å². The molecule has 1 saturated heterocycles. The predicted molar refractivity (Wildman–Crippen MR) is 91.0 cm³/mol. The second kappa shape index (κ2) is 5.64. The number of hydrogen-bond donors (Lipinski definition) is 0. The van der Waals surface area contributed by atoms with E-state index in [4.69, 9.17) is 23.7 Å². The number of benzene rings is 2. The quantitative estimate of drug-likeness (QED) is 0.812. The van der Waals surface area contributed by atoms with E-state index in [-0.39, 0.29) is 6.10 Å². The highest BCUT2D eigenvalue weighted by Crippen LogP contribution is 2.57. The van der Waals surface area contributed by atoms with Crippen LogP contribution in [0.2, 0.25) is 0 Å². The minimum atomic E-state index is -0.868. The van der Waals surface area contributed by atoms with E-state index >= 15 is 0 Å². The van der Waals surface area contributed by atoms with Crippen LogP contribution < -0.4 is 9.47 Å². The van der Waals surface area contributed by atoms with E-state index in [2.05, 4.69) is 12.1 Å². The molecule has 6 heteroatoms. The van der Waals surface area contributed by atoms with Gasteiger partial charge in [-0.1, -0.05) is 30.0 Å². The lowest BCUT2D eigenvalue weighted by molar-refractivity contribution is -0.197. The number of fused-ring (bicyclic) bond motifs is 6. The SMILES string of the molecule is CC(C)OC1Oc2ccc3c(c2O1)Sc1ccccc1C31OCCO1. The van der Waals surface area contributed by atoms with Gasteiger partial charge in [0.1, 0.15) is 0 Å². The fourth-order valence-corrected chi connectivity index (χ4v) is 4.65. The van der Waals surface area contributed by atoms with E-state index in [0.29, 0.717) is 24.7 Å². The second-order valence-corrected chi connectivity index (χ2v) is 7.44. The molecule has 5 nitrogen and oxygen atoms in total. The maximum atomic E-state index is 6.12. The number of ether oxygens (including phenoxy) is 5. The third-order valence-electron chi connectivity index (χ3n) is 4.40. The van der Waals surface area contributed by atoms with E-state index in [9.17, 15) is 0 Å². The van der Waals surface area contributed by atoms with Crippen LogP contribution in [0.15, 0.2) is 46.2 Å². The van der Waals surface area contributed by atoms with Crippen molar-refractivity contribution < 1.29 is 23.7 Å². The number of rotatable bonds is 2. The van der Waals surface area contributed by atoms with Gasteiger partial charge in [-0.3, -0.25) is 0 Å². The summed E-state index contributed by atoms with van der Waals surface area (Å²) in [4.78, 5) is 2.06. The van der Waals surface area contributed by atoms with Crippen molar-refractivity contribution >= 4 is 11.8 Å². The Hall–Kier alpha value is -1.73. The zero-order valence-electron chi connectivity index (χ0n) is 14.0. The Morgan fingerprint density at radius 2 is 1.84 bits per heavy atom. The van der Waals surface area contributed by atoms with Gasteiger partial charge in [0.2, 0.25) is 5.79 Å². The molecule has 5 rings (SSSR count). The molecule has 1 unspecified atom stereocenters. The monoisotopic (exact) mass is 358 g/mol. The van der Waals surface area contributed by atoms with Crippen molar-refractivity contribution in [2.75, 3.05) is 13.2 Å². The highest BCUT2D eigenvalue weighted by Gasteiger charge is 2.48. The summed E-state index contributed by atoms with van der Waals surface area (Å²) in [5.74, 6) is 0.512. The molecule has 2 aromatic rings. The molecule has 3 aliphatic rings. The molecule has 0 aliphatic carbocycles. The summed E-state index contributed by atoms with van der Waals surface area (Å²) in [7, 11) is 0. The standard InChI is InChI=1S/C19H18O5S/c1-11(2)22-18-23-14-8-7-13-17(16(14)24-18)25-15-6-4-3-5-12(15)19(13)20-9-10-21-19/h3-8,11,18H,9-10H2,1-2H3. The van der Waals surface area contributed by atoms with Crippen LogP contribution >= 0.6 is 11.8 Å². The first-order valence-electron chi connectivity index (χ1n) is 8.39. The van der Waals surface area contributed by atoms with Gasteiger partial charge in [-0.05, 0) is 32.0 Å². The highest BCUT2D eigenvalue weighted by atomic mass is 32.2. The minimum Gasteiger partial charge on any atom is -0.428 e. The van der Waals surface area contributed by atoms with Crippen LogP contribution in [0.4, 0.5) is 0 Å². The maximum Gasteiger partial charge on any atom is 0.361 e. The largest absolute Gasteiger partial charge is 0.428 e. The van der Waals surface area contributed by atoms with Gasteiger partial charge in [0.15, 0.2) is 11.5 Å². The van der Waals surface area contributed by atoms with Gasteiger partial charge >= 0.3 is 6.48 Å². The molecule has 1 fully saturated rings. The zero-order chi connectivity index (χ0) is 17.0. The predicted octanol–water partition coefficient (Wildman–Crippen LogP) is 3.88. The Kier molecular flexibility index (Phi) is 3.50. The summed E-state index contributed by atoms with van der Waals surface area (Å²) in [6, 6.07) is 12.1. The lowest BCUT2D eigenvalue weighted by atomic mass is 9.96. The molecule has 1 atom stereocenters. The molecule has 0 amide bonds. The normalized spacial score (nSPS) is 22.3. The van der Waals surface area contributed by atoms with E-state index in [1.54, 1.807) is 11.8 Å². The molecule has 3 heterocycles. The summed E-state index contributed by atoms with van der Waals surface area (Å²) in [5.41, 5.74) is 2.00. The van der Waals surface area contributed by atoms with Crippen LogP contribution in [-0.2, 0) is 20.0 Å². The minimum absolute atomic E-state index is 0.0105. The molecule has 0 aromatic heterocycles. The molecule has 3 aliphatic heterocycles. The first-order chi connectivity index (χ1) is 12.2. The molecular weight excluding hydrogens is 340 g/mol.